The summed E-state index contributed by atoms with van der Waals surface area (Å²) in [4.78, 5) is 39.1. The lowest BCUT2D eigenvalue weighted by Gasteiger charge is -2.33. The molecule has 0 spiro atoms. The van der Waals surface area contributed by atoms with Crippen molar-refractivity contribution in [3.05, 3.63) is 46.3 Å². The van der Waals surface area contributed by atoms with Gasteiger partial charge in [0.15, 0.2) is 12.0 Å². The number of rotatable bonds is 12. The van der Waals surface area contributed by atoms with E-state index in [-0.39, 0.29) is 59.3 Å². The first-order valence-electron chi connectivity index (χ1n) is 12.4. The van der Waals surface area contributed by atoms with Crippen LogP contribution in [0.15, 0.2) is 23.1 Å². The largest absolute Gasteiger partial charge is 0.493 e. The third-order valence-electron chi connectivity index (χ3n) is 6.46. The maximum Gasteiger partial charge on any atom is 0.354 e. The van der Waals surface area contributed by atoms with Crippen molar-refractivity contribution in [3.63, 3.8) is 0 Å². The number of benzene rings is 1. The minimum atomic E-state index is -3.94. The first kappa shape index (κ1) is 29.3. The zero-order chi connectivity index (χ0) is 28.0. The monoisotopic (exact) mass is 550 g/mol. The lowest BCUT2D eigenvalue weighted by atomic mass is 10.1. The van der Waals surface area contributed by atoms with Crippen molar-refractivity contribution < 1.29 is 37.8 Å². The fraction of sp³-hybridized carbons (Fsp3) is 0.480. The number of amides is 1. The molecule has 1 saturated heterocycles. The lowest BCUT2D eigenvalue weighted by molar-refractivity contribution is 0.0685. The van der Waals surface area contributed by atoms with Crippen molar-refractivity contribution >= 4 is 28.2 Å². The first-order chi connectivity index (χ1) is 18.1. The molecule has 0 unspecified atom stereocenters. The molecular formula is C25H34N4O8S. The number of hydrogen-bond donors (Lipinski definition) is 3. The van der Waals surface area contributed by atoms with E-state index in [1.165, 1.54) is 29.4 Å². The van der Waals surface area contributed by atoms with E-state index in [1.54, 1.807) is 6.92 Å². The van der Waals surface area contributed by atoms with E-state index in [9.17, 15) is 27.9 Å². The Morgan fingerprint density at radius 2 is 1.84 bits per heavy atom. The number of piperazine rings is 1. The number of sulfonamides is 1. The molecule has 13 heteroatoms. The number of aromatic nitrogens is 1. The Morgan fingerprint density at radius 3 is 2.39 bits per heavy atom. The van der Waals surface area contributed by atoms with E-state index in [2.05, 4.69) is 5.43 Å². The van der Waals surface area contributed by atoms with Crippen molar-refractivity contribution in [1.29, 1.82) is 0 Å². The van der Waals surface area contributed by atoms with Gasteiger partial charge in [-0.15, -0.1) is 0 Å². The van der Waals surface area contributed by atoms with Gasteiger partial charge in [-0.05, 0) is 44.0 Å². The van der Waals surface area contributed by atoms with Gasteiger partial charge in [0.2, 0.25) is 10.0 Å². The van der Waals surface area contributed by atoms with Crippen LogP contribution in [0.1, 0.15) is 62.7 Å². The number of aromatic carboxylic acids is 1. The Bertz CT molecular complexity index is 1300. The molecular weight excluding hydrogens is 516 g/mol. The summed E-state index contributed by atoms with van der Waals surface area (Å²) in [6, 6.07) is 3.98. The molecule has 0 saturated carbocycles. The van der Waals surface area contributed by atoms with Crippen LogP contribution in [-0.2, 0) is 16.4 Å². The number of aliphatic hydroxyl groups excluding tert-OH is 1. The molecule has 3 rings (SSSR count). The average Bonchev–Trinajstić information content (AvgIpc) is 3.15. The highest BCUT2D eigenvalue weighted by Crippen LogP contribution is 2.27. The highest BCUT2D eigenvalue weighted by Gasteiger charge is 2.31. The zero-order valence-corrected chi connectivity index (χ0v) is 22.6. The lowest BCUT2D eigenvalue weighted by Crippen LogP contribution is -2.49. The van der Waals surface area contributed by atoms with Crippen LogP contribution in [0, 0.1) is 6.92 Å². The molecule has 1 aliphatic rings. The normalized spacial score (nSPS) is 14.8. The van der Waals surface area contributed by atoms with Gasteiger partial charge in [-0.25, -0.2) is 17.9 Å². The molecule has 0 radical (unpaired) electrons. The molecule has 208 valence electrons. The van der Waals surface area contributed by atoms with E-state index in [4.69, 9.17) is 9.84 Å². The Kier molecular flexibility index (Phi) is 9.66. The minimum Gasteiger partial charge on any atom is -0.493 e. The molecule has 1 fully saturated rings. The number of β-amino-alcohol motifs (C(OH)–C–C–N with tert-alkyl or cyclic N) is 1. The van der Waals surface area contributed by atoms with Crippen molar-refractivity contribution in [2.24, 2.45) is 0 Å². The Balaban J connectivity index is 2.01. The van der Waals surface area contributed by atoms with Crippen LogP contribution in [-0.4, -0.2) is 96.6 Å². The standard InChI is InChI=1S/C25H34N4O8S/c1-4-6-21-20(16-31)17(3)23(25(33)34)29(21)26-24(32)19-15-18(7-8-22(19)37-5-2)38(35,36)28-11-9-27(10-12-28)13-14-30/h7-8,15-16,30H,4-6,9-14H2,1-3H3,(H,26,32)(H,33,34). The highest BCUT2D eigenvalue weighted by molar-refractivity contribution is 7.89. The molecule has 2 aromatic rings. The van der Waals surface area contributed by atoms with Gasteiger partial charge in [-0.1, -0.05) is 13.3 Å². The first-order valence-corrected chi connectivity index (χ1v) is 13.9. The van der Waals surface area contributed by atoms with Crippen LogP contribution >= 0.6 is 0 Å². The predicted octanol–water partition coefficient (Wildman–Crippen LogP) is 1.34. The molecule has 38 heavy (non-hydrogen) atoms. The number of carboxylic acids is 1. The molecule has 1 aliphatic heterocycles. The van der Waals surface area contributed by atoms with Crippen LogP contribution in [0.3, 0.4) is 0 Å². The van der Waals surface area contributed by atoms with Crippen LogP contribution < -0.4 is 10.2 Å². The van der Waals surface area contributed by atoms with E-state index in [1.807, 2.05) is 11.8 Å². The Hall–Kier alpha value is -3.26. The van der Waals surface area contributed by atoms with Gasteiger partial charge in [-0.2, -0.15) is 4.31 Å². The molecule has 2 heterocycles. The molecule has 1 aromatic heterocycles. The number of carbonyl (C=O) groups is 3. The van der Waals surface area contributed by atoms with Gasteiger partial charge >= 0.3 is 5.97 Å². The summed E-state index contributed by atoms with van der Waals surface area (Å²) < 4.78 is 34.8. The van der Waals surface area contributed by atoms with Crippen LogP contribution in [0.25, 0.3) is 0 Å². The second kappa shape index (κ2) is 12.5. The van der Waals surface area contributed by atoms with E-state index >= 15 is 0 Å². The summed E-state index contributed by atoms with van der Waals surface area (Å²) in [5.41, 5.74) is 2.95. The molecule has 0 aliphatic carbocycles. The maximum absolute atomic E-state index is 13.5. The number of aldehydes is 1. The number of hydrogen-bond acceptors (Lipinski definition) is 8. The quantitative estimate of drug-likeness (QED) is 0.332. The molecule has 1 amide bonds. The molecule has 12 nitrogen and oxygen atoms in total. The van der Waals surface area contributed by atoms with Crippen LogP contribution in [0.5, 0.6) is 5.75 Å². The van der Waals surface area contributed by atoms with Gasteiger partial charge in [0.1, 0.15) is 5.75 Å². The number of carbonyl (C=O) groups excluding carboxylic acids is 2. The van der Waals surface area contributed by atoms with Crippen molar-refractivity contribution in [3.8, 4) is 5.75 Å². The minimum absolute atomic E-state index is 0.0110. The third kappa shape index (κ3) is 5.90. The summed E-state index contributed by atoms with van der Waals surface area (Å²) in [6.45, 7) is 7.12. The van der Waals surface area contributed by atoms with Gasteiger partial charge < -0.3 is 14.9 Å². The second-order valence-corrected chi connectivity index (χ2v) is 10.8. The summed E-state index contributed by atoms with van der Waals surface area (Å²) >= 11 is 0. The maximum atomic E-state index is 13.5. The number of ether oxygens (including phenoxy) is 1. The van der Waals surface area contributed by atoms with Crippen molar-refractivity contribution in [2.45, 2.75) is 38.5 Å². The molecule has 3 N–H and O–H groups in total. The topological polar surface area (TPSA) is 158 Å². The zero-order valence-electron chi connectivity index (χ0n) is 21.8. The van der Waals surface area contributed by atoms with E-state index < -0.39 is 21.9 Å². The number of nitrogens with zero attached hydrogens (tertiary/aromatic N) is 3. The average molecular weight is 551 g/mol. The summed E-state index contributed by atoms with van der Waals surface area (Å²) in [5, 5.41) is 18.9. The van der Waals surface area contributed by atoms with E-state index in [0.717, 1.165) is 4.68 Å². The summed E-state index contributed by atoms with van der Waals surface area (Å²) in [7, 11) is -3.94. The van der Waals surface area contributed by atoms with Crippen LogP contribution in [0.2, 0.25) is 0 Å². The van der Waals surface area contributed by atoms with Gasteiger partial charge in [0.05, 0.1) is 29.4 Å². The molecule has 0 bridgehead atoms. The number of nitrogens with one attached hydrogen (secondary N) is 1. The number of aliphatic hydroxyl groups is 1. The predicted molar refractivity (Wildman–Crippen MR) is 139 cm³/mol. The van der Waals surface area contributed by atoms with Gasteiger partial charge in [0, 0.05) is 38.3 Å². The SMILES string of the molecule is CCCc1c(C=O)c(C)c(C(=O)O)n1NC(=O)c1cc(S(=O)(=O)N2CCN(CCO)CC2)ccc1OCC. The fourth-order valence-electron chi connectivity index (χ4n) is 4.56. The van der Waals surface area contributed by atoms with Gasteiger partial charge in [0.25, 0.3) is 5.91 Å². The number of carboxylic acid groups (broad SMARTS) is 1. The molecule has 0 atom stereocenters. The van der Waals surface area contributed by atoms with E-state index in [0.29, 0.717) is 44.5 Å². The van der Waals surface area contributed by atoms with Crippen molar-refractivity contribution in [1.82, 2.24) is 13.9 Å². The Morgan fingerprint density at radius 1 is 1.16 bits per heavy atom. The van der Waals surface area contributed by atoms with Gasteiger partial charge in [-0.3, -0.25) is 19.9 Å². The summed E-state index contributed by atoms with van der Waals surface area (Å²) in [6.07, 6.45) is 1.48. The smallest absolute Gasteiger partial charge is 0.354 e. The summed E-state index contributed by atoms with van der Waals surface area (Å²) in [5.74, 6) is -1.98. The highest BCUT2D eigenvalue weighted by atomic mass is 32.2. The third-order valence-corrected chi connectivity index (χ3v) is 8.36. The van der Waals surface area contributed by atoms with Crippen molar-refractivity contribution in [2.75, 3.05) is 51.4 Å². The van der Waals surface area contributed by atoms with Crippen LogP contribution in [0.4, 0.5) is 0 Å². The molecule has 1 aromatic carbocycles. The fourth-order valence-corrected chi connectivity index (χ4v) is 6.01. The second-order valence-electron chi connectivity index (χ2n) is 8.84. The Labute approximate surface area is 221 Å².